The number of rotatable bonds is 10. The lowest BCUT2D eigenvalue weighted by Crippen LogP contribution is -3.00. The van der Waals surface area contributed by atoms with Crippen LogP contribution in [-0.2, 0) is 19.1 Å². The Morgan fingerprint density at radius 1 is 0.851 bits per heavy atom. The van der Waals surface area contributed by atoms with Crippen molar-refractivity contribution >= 4 is 17.6 Å². The maximum absolute atomic E-state index is 13.6. The molecule has 1 saturated heterocycles. The van der Waals surface area contributed by atoms with Gasteiger partial charge in [-0.05, 0) is 30.5 Å². The van der Waals surface area contributed by atoms with E-state index in [9.17, 15) is 19.7 Å². The van der Waals surface area contributed by atoms with Gasteiger partial charge in [0.15, 0.2) is 0 Å². The number of nitrogens with one attached hydrogen (secondary N) is 1. The molecule has 3 aromatic carbocycles. The molecule has 0 saturated carbocycles. The third-order valence-corrected chi connectivity index (χ3v) is 8.44. The second-order valence-corrected chi connectivity index (χ2v) is 11.2. The summed E-state index contributed by atoms with van der Waals surface area (Å²) in [6, 6.07) is 27.2. The van der Waals surface area contributed by atoms with Gasteiger partial charge >= 0.3 is 11.9 Å². The number of benzene rings is 3. The summed E-state index contributed by atoms with van der Waals surface area (Å²) in [5.74, 6) is -2.10. The van der Waals surface area contributed by atoms with Crippen molar-refractivity contribution < 1.29 is 48.8 Å². The summed E-state index contributed by atoms with van der Waals surface area (Å²) in [6.45, 7) is 7.52. The molecule has 0 amide bonds. The molecule has 0 radical (unpaired) electrons. The minimum Gasteiger partial charge on any atom is -1.00 e. The number of dihydropyridines is 1. The van der Waals surface area contributed by atoms with Crippen LogP contribution in [0.2, 0.25) is 0 Å². The van der Waals surface area contributed by atoms with Crippen molar-refractivity contribution in [2.75, 3.05) is 46.4 Å². The van der Waals surface area contributed by atoms with Crippen molar-refractivity contribution in [2.24, 2.45) is 0 Å². The van der Waals surface area contributed by atoms with E-state index in [-0.39, 0.29) is 54.3 Å². The molecular formula is C35H38Cl2N4O6-2. The molecule has 1 N–H and O–H groups in total. The third kappa shape index (κ3) is 8.58. The summed E-state index contributed by atoms with van der Waals surface area (Å²) in [7, 11) is 1.26. The Hall–Kier alpha value is -4.22. The largest absolute Gasteiger partial charge is 1.00 e. The molecule has 5 rings (SSSR count). The monoisotopic (exact) mass is 680 g/mol. The van der Waals surface area contributed by atoms with Crippen LogP contribution in [0, 0.1) is 10.1 Å². The molecule has 47 heavy (non-hydrogen) atoms. The number of nitro groups is 1. The number of ether oxygens (including phenoxy) is 2. The maximum atomic E-state index is 13.6. The maximum Gasteiger partial charge on any atom is 0.336 e. The Morgan fingerprint density at radius 3 is 1.94 bits per heavy atom. The van der Waals surface area contributed by atoms with Crippen LogP contribution < -0.4 is 30.1 Å². The van der Waals surface area contributed by atoms with Gasteiger partial charge < -0.3 is 39.6 Å². The highest BCUT2D eigenvalue weighted by Gasteiger charge is 2.38. The van der Waals surface area contributed by atoms with E-state index in [0.29, 0.717) is 23.5 Å². The van der Waals surface area contributed by atoms with Gasteiger partial charge in [0, 0.05) is 56.3 Å². The zero-order valence-electron chi connectivity index (χ0n) is 26.5. The van der Waals surface area contributed by atoms with Crippen LogP contribution in [0.1, 0.15) is 42.5 Å². The Balaban J connectivity index is 0.00000300. The van der Waals surface area contributed by atoms with Crippen LogP contribution >= 0.6 is 0 Å². The second-order valence-electron chi connectivity index (χ2n) is 11.2. The lowest BCUT2D eigenvalue weighted by Gasteiger charge is -2.39. The summed E-state index contributed by atoms with van der Waals surface area (Å²) in [4.78, 5) is 42.3. The Kier molecular flexibility index (Phi) is 13.5. The number of hydrogen-bond donors (Lipinski definition) is 1. The normalized spacial score (nSPS) is 16.9. The molecule has 2 aliphatic heterocycles. The van der Waals surface area contributed by atoms with Crippen molar-refractivity contribution in [2.45, 2.75) is 25.8 Å². The molecular weight excluding hydrogens is 643 g/mol. The molecule has 2 heterocycles. The van der Waals surface area contributed by atoms with E-state index in [1.807, 2.05) is 12.1 Å². The van der Waals surface area contributed by atoms with E-state index in [0.717, 1.165) is 26.2 Å². The average Bonchev–Trinajstić information content (AvgIpc) is 3.06. The molecule has 1 atom stereocenters. The van der Waals surface area contributed by atoms with Gasteiger partial charge in [0.25, 0.3) is 5.69 Å². The minimum atomic E-state index is -0.887. The average molecular weight is 682 g/mol. The van der Waals surface area contributed by atoms with Crippen LogP contribution in [0.5, 0.6) is 0 Å². The Labute approximate surface area is 287 Å². The first-order valence-electron chi connectivity index (χ1n) is 15.0. The van der Waals surface area contributed by atoms with E-state index in [1.54, 1.807) is 19.9 Å². The van der Waals surface area contributed by atoms with E-state index in [1.165, 1.54) is 36.4 Å². The number of nitrogens with zero attached hydrogens (tertiary/aromatic N) is 3. The quantitative estimate of drug-likeness (QED) is 0.163. The van der Waals surface area contributed by atoms with E-state index >= 15 is 0 Å². The standard InChI is InChI=1S/C35H38N4O6.2ClH/c1-24-30(34(40)44-3)32(28-15-10-16-29(23-28)39(42)43)31(25(2)36-24)35(41)45-22-21-37-17-19-38(20-18-37)33(26-11-6-4-7-12-26)27-13-8-5-9-14-27;;/h4-16,23,32-33,36H,17-22H2,1-3H3;2*1H/p-2. The van der Waals surface area contributed by atoms with Gasteiger partial charge in [0.1, 0.15) is 6.61 Å². The van der Waals surface area contributed by atoms with Crippen molar-refractivity contribution in [3.63, 3.8) is 0 Å². The summed E-state index contributed by atoms with van der Waals surface area (Å²) < 4.78 is 10.8. The van der Waals surface area contributed by atoms with E-state index in [4.69, 9.17) is 9.47 Å². The molecule has 0 aromatic heterocycles. The van der Waals surface area contributed by atoms with Crippen LogP contribution in [0.4, 0.5) is 5.69 Å². The fraction of sp³-hybridized carbons (Fsp3) is 0.314. The number of non-ortho nitro benzene ring substituents is 1. The lowest BCUT2D eigenvalue weighted by molar-refractivity contribution is -0.384. The molecule has 1 unspecified atom stereocenters. The number of carbonyl (C=O) groups is 2. The minimum absolute atomic E-state index is 0. The third-order valence-electron chi connectivity index (χ3n) is 8.44. The predicted molar refractivity (Wildman–Crippen MR) is 170 cm³/mol. The number of piperazine rings is 1. The Bertz CT molecular complexity index is 1570. The molecule has 10 nitrogen and oxygen atoms in total. The predicted octanol–water partition coefficient (Wildman–Crippen LogP) is -1.04. The van der Waals surface area contributed by atoms with E-state index in [2.05, 4.69) is 63.6 Å². The van der Waals surface area contributed by atoms with Crippen LogP contribution in [0.15, 0.2) is 107 Å². The number of allylic oxidation sites excluding steroid dienone is 2. The number of carbonyl (C=O) groups excluding carboxylic acids is 2. The van der Waals surface area contributed by atoms with Gasteiger partial charge in [-0.15, -0.1) is 0 Å². The first kappa shape index (κ1) is 37.2. The number of halogens is 2. The summed E-state index contributed by atoms with van der Waals surface area (Å²) in [6.07, 6.45) is 0. The van der Waals surface area contributed by atoms with E-state index < -0.39 is 22.8 Å². The van der Waals surface area contributed by atoms with Crippen LogP contribution in [0.3, 0.4) is 0 Å². The first-order chi connectivity index (χ1) is 21.8. The van der Waals surface area contributed by atoms with Gasteiger partial charge in [-0.25, -0.2) is 9.59 Å². The smallest absolute Gasteiger partial charge is 0.336 e. The zero-order valence-corrected chi connectivity index (χ0v) is 28.0. The molecule has 250 valence electrons. The van der Waals surface area contributed by atoms with Crippen molar-refractivity contribution in [1.82, 2.24) is 15.1 Å². The molecule has 0 aliphatic carbocycles. The van der Waals surface area contributed by atoms with Crippen molar-refractivity contribution in [3.05, 3.63) is 134 Å². The van der Waals surface area contributed by atoms with Gasteiger partial charge in [-0.1, -0.05) is 72.8 Å². The highest BCUT2D eigenvalue weighted by molar-refractivity contribution is 5.99. The SMILES string of the molecule is COC(=O)C1=C(C)NC(C)=C(C(=O)OCCN2CCN(C(c3ccccc3)c3ccccc3)CC2)C1c1cccc([N+](=O)[O-])c1.[Cl-].[Cl-]. The fourth-order valence-corrected chi connectivity index (χ4v) is 6.27. The molecule has 0 spiro atoms. The van der Waals surface area contributed by atoms with Crippen LogP contribution in [-0.4, -0.2) is 73.1 Å². The summed E-state index contributed by atoms with van der Waals surface area (Å²) >= 11 is 0. The lowest BCUT2D eigenvalue weighted by atomic mass is 9.80. The number of nitro benzene ring substituents is 1. The molecule has 0 bridgehead atoms. The highest BCUT2D eigenvalue weighted by Crippen LogP contribution is 2.40. The fourth-order valence-electron chi connectivity index (χ4n) is 6.27. The van der Waals surface area contributed by atoms with Gasteiger partial charge in [-0.2, -0.15) is 0 Å². The molecule has 3 aromatic rings. The summed E-state index contributed by atoms with van der Waals surface area (Å²) in [5, 5.41) is 14.6. The van der Waals surface area contributed by atoms with Gasteiger partial charge in [0.2, 0.25) is 0 Å². The van der Waals surface area contributed by atoms with Crippen molar-refractivity contribution in [3.8, 4) is 0 Å². The summed E-state index contributed by atoms with van der Waals surface area (Å²) in [5.41, 5.74) is 4.25. The Morgan fingerprint density at radius 2 is 1.40 bits per heavy atom. The first-order valence-corrected chi connectivity index (χ1v) is 15.0. The van der Waals surface area contributed by atoms with Crippen molar-refractivity contribution in [1.29, 1.82) is 0 Å². The molecule has 12 heteroatoms. The number of methoxy groups -OCH3 is 1. The van der Waals surface area contributed by atoms with Gasteiger partial charge in [0.05, 0.1) is 35.1 Å². The number of hydrogen-bond acceptors (Lipinski definition) is 9. The highest BCUT2D eigenvalue weighted by atomic mass is 35.5. The second kappa shape index (κ2) is 17.1. The molecule has 1 fully saturated rings. The van der Waals surface area contributed by atoms with Crippen LogP contribution in [0.25, 0.3) is 0 Å². The van der Waals surface area contributed by atoms with Gasteiger partial charge in [-0.3, -0.25) is 19.9 Å². The number of esters is 2. The topological polar surface area (TPSA) is 114 Å². The molecule has 2 aliphatic rings. The zero-order chi connectivity index (χ0) is 31.9.